The highest BCUT2D eigenvalue weighted by atomic mass is 32.2. The lowest BCUT2D eigenvalue weighted by atomic mass is 10.2. The van der Waals surface area contributed by atoms with Crippen LogP contribution in [0.5, 0.6) is 0 Å². The average Bonchev–Trinajstić information content (AvgIpc) is 2.83. The highest BCUT2D eigenvalue weighted by Crippen LogP contribution is 2.23. The summed E-state index contributed by atoms with van der Waals surface area (Å²) in [6.07, 6.45) is 0. The predicted octanol–water partition coefficient (Wildman–Crippen LogP) is 3.52. The van der Waals surface area contributed by atoms with Crippen LogP contribution in [0, 0.1) is 17.0 Å². The molecule has 0 radical (unpaired) electrons. The van der Waals surface area contributed by atoms with Crippen LogP contribution in [0.15, 0.2) is 77.7 Å². The van der Waals surface area contributed by atoms with Gasteiger partial charge in [-0.25, -0.2) is 13.2 Å². The zero-order chi connectivity index (χ0) is 24.9. The standard InChI is InChI=1S/C23H21N3O7S/c1-16-11-12-18(14-21(16)26(29)30)24-22(27)15-33-23(28)17-7-6-10-20(13-17)34(31,32)25(2)19-8-4-3-5-9-19/h3-14H,15H2,1-2H3,(H,24,27). The molecule has 0 bridgehead atoms. The molecule has 34 heavy (non-hydrogen) atoms. The van der Waals surface area contributed by atoms with Gasteiger partial charge in [0.05, 0.1) is 21.1 Å². The van der Waals surface area contributed by atoms with E-state index in [0.29, 0.717) is 11.3 Å². The van der Waals surface area contributed by atoms with Crippen molar-refractivity contribution in [2.24, 2.45) is 0 Å². The molecule has 1 N–H and O–H groups in total. The summed E-state index contributed by atoms with van der Waals surface area (Å²) in [6, 6.07) is 17.9. The van der Waals surface area contributed by atoms with Crippen LogP contribution in [0.2, 0.25) is 0 Å². The number of nitrogens with zero attached hydrogens (tertiary/aromatic N) is 2. The van der Waals surface area contributed by atoms with Gasteiger partial charge < -0.3 is 10.1 Å². The van der Waals surface area contributed by atoms with Crippen LogP contribution in [0.4, 0.5) is 17.1 Å². The second-order valence-electron chi connectivity index (χ2n) is 7.22. The van der Waals surface area contributed by atoms with Gasteiger partial charge in [-0.1, -0.05) is 30.3 Å². The number of para-hydroxylation sites is 1. The van der Waals surface area contributed by atoms with E-state index >= 15 is 0 Å². The number of ether oxygens (including phenoxy) is 1. The van der Waals surface area contributed by atoms with Crippen LogP contribution in [0.3, 0.4) is 0 Å². The van der Waals surface area contributed by atoms with Gasteiger partial charge in [-0.2, -0.15) is 0 Å². The summed E-state index contributed by atoms with van der Waals surface area (Å²) in [4.78, 5) is 34.9. The van der Waals surface area contributed by atoms with E-state index in [0.717, 1.165) is 4.31 Å². The molecule has 0 heterocycles. The van der Waals surface area contributed by atoms with Crippen molar-refractivity contribution in [1.29, 1.82) is 0 Å². The van der Waals surface area contributed by atoms with Crippen molar-refractivity contribution in [3.8, 4) is 0 Å². The molecule has 3 aromatic rings. The van der Waals surface area contributed by atoms with Crippen LogP contribution in [-0.2, 0) is 19.6 Å². The maximum Gasteiger partial charge on any atom is 0.338 e. The Hall–Kier alpha value is -4.25. The number of nitro groups is 1. The minimum absolute atomic E-state index is 0.0543. The summed E-state index contributed by atoms with van der Waals surface area (Å²) in [5.74, 6) is -1.61. The molecule has 0 spiro atoms. The molecule has 0 fully saturated rings. The third-order valence-electron chi connectivity index (χ3n) is 4.87. The van der Waals surface area contributed by atoms with Gasteiger partial charge in [0.25, 0.3) is 21.6 Å². The number of nitrogens with one attached hydrogen (secondary N) is 1. The van der Waals surface area contributed by atoms with Crippen molar-refractivity contribution in [2.75, 3.05) is 23.3 Å². The van der Waals surface area contributed by atoms with Gasteiger partial charge in [0, 0.05) is 24.4 Å². The number of nitro benzene ring substituents is 1. The number of aryl methyl sites for hydroxylation is 1. The molecule has 0 saturated carbocycles. The lowest BCUT2D eigenvalue weighted by Crippen LogP contribution is -2.26. The second kappa shape index (κ2) is 10.1. The Bertz CT molecular complexity index is 1340. The van der Waals surface area contributed by atoms with Crippen molar-refractivity contribution in [3.63, 3.8) is 0 Å². The molecule has 0 atom stereocenters. The Morgan fingerprint density at radius 3 is 2.41 bits per heavy atom. The maximum atomic E-state index is 12.9. The first-order valence-corrected chi connectivity index (χ1v) is 11.4. The van der Waals surface area contributed by atoms with Crippen molar-refractivity contribution in [1.82, 2.24) is 0 Å². The Morgan fingerprint density at radius 2 is 1.74 bits per heavy atom. The van der Waals surface area contributed by atoms with E-state index in [9.17, 15) is 28.1 Å². The Balaban J connectivity index is 1.67. The van der Waals surface area contributed by atoms with E-state index < -0.39 is 33.4 Å². The van der Waals surface area contributed by atoms with E-state index in [-0.39, 0.29) is 21.8 Å². The molecule has 176 valence electrons. The molecule has 0 saturated heterocycles. The van der Waals surface area contributed by atoms with Crippen LogP contribution < -0.4 is 9.62 Å². The lowest BCUT2D eigenvalue weighted by Gasteiger charge is -2.19. The van der Waals surface area contributed by atoms with E-state index in [1.165, 1.54) is 49.5 Å². The first-order chi connectivity index (χ1) is 16.1. The van der Waals surface area contributed by atoms with Crippen molar-refractivity contribution in [3.05, 3.63) is 94.0 Å². The number of sulfonamides is 1. The molecule has 10 nitrogen and oxygen atoms in total. The smallest absolute Gasteiger partial charge is 0.338 e. The summed E-state index contributed by atoms with van der Waals surface area (Å²) < 4.78 is 31.9. The number of anilines is 2. The molecule has 0 aliphatic heterocycles. The third-order valence-corrected chi connectivity index (χ3v) is 6.65. The fourth-order valence-electron chi connectivity index (χ4n) is 3.01. The molecule has 1 amide bonds. The van der Waals surface area contributed by atoms with E-state index in [4.69, 9.17) is 4.74 Å². The number of esters is 1. The third kappa shape index (κ3) is 5.56. The van der Waals surface area contributed by atoms with Crippen molar-refractivity contribution in [2.45, 2.75) is 11.8 Å². The Kier molecular flexibility index (Phi) is 7.27. The van der Waals surface area contributed by atoms with Gasteiger partial charge in [-0.05, 0) is 43.3 Å². The topological polar surface area (TPSA) is 136 Å². The fourth-order valence-corrected chi connectivity index (χ4v) is 4.26. The zero-order valence-corrected chi connectivity index (χ0v) is 19.1. The van der Waals surface area contributed by atoms with Gasteiger partial charge >= 0.3 is 5.97 Å². The number of benzene rings is 3. The molecule has 3 aromatic carbocycles. The highest BCUT2D eigenvalue weighted by Gasteiger charge is 2.23. The minimum atomic E-state index is -3.94. The second-order valence-corrected chi connectivity index (χ2v) is 9.19. The Labute approximate surface area is 196 Å². The predicted molar refractivity (Wildman–Crippen MR) is 125 cm³/mol. The van der Waals surface area contributed by atoms with E-state index in [2.05, 4.69) is 5.32 Å². The quantitative estimate of drug-likeness (QED) is 0.294. The first-order valence-electron chi connectivity index (χ1n) is 9.95. The van der Waals surface area contributed by atoms with Gasteiger partial charge in [0.15, 0.2) is 6.61 Å². The first kappa shape index (κ1) is 24.4. The Morgan fingerprint density at radius 1 is 1.03 bits per heavy atom. The number of hydrogen-bond donors (Lipinski definition) is 1. The average molecular weight is 484 g/mol. The zero-order valence-electron chi connectivity index (χ0n) is 18.3. The van der Waals surface area contributed by atoms with E-state index in [1.54, 1.807) is 37.3 Å². The van der Waals surface area contributed by atoms with Crippen LogP contribution >= 0.6 is 0 Å². The molecular formula is C23H21N3O7S. The number of hydrogen-bond acceptors (Lipinski definition) is 7. The number of amides is 1. The van der Waals surface area contributed by atoms with Gasteiger partial charge in [0.1, 0.15) is 0 Å². The molecule has 0 aromatic heterocycles. The monoisotopic (exact) mass is 483 g/mol. The number of carbonyl (C=O) groups excluding carboxylic acids is 2. The summed E-state index contributed by atoms with van der Waals surface area (Å²) in [5, 5.41) is 13.4. The van der Waals surface area contributed by atoms with Crippen molar-refractivity contribution < 1.29 is 27.7 Å². The normalized spacial score (nSPS) is 10.9. The molecule has 0 aliphatic carbocycles. The van der Waals surface area contributed by atoms with Crippen LogP contribution in [0.25, 0.3) is 0 Å². The SMILES string of the molecule is Cc1ccc(NC(=O)COC(=O)c2cccc(S(=O)(=O)N(C)c3ccccc3)c2)cc1[N+](=O)[O-]. The summed E-state index contributed by atoms with van der Waals surface area (Å²) >= 11 is 0. The fraction of sp³-hybridized carbons (Fsp3) is 0.130. The summed E-state index contributed by atoms with van der Waals surface area (Å²) in [5.41, 5.74) is 0.843. The van der Waals surface area contributed by atoms with Crippen LogP contribution in [0.1, 0.15) is 15.9 Å². The van der Waals surface area contributed by atoms with Crippen LogP contribution in [-0.4, -0.2) is 38.9 Å². The van der Waals surface area contributed by atoms with Crippen molar-refractivity contribution >= 4 is 39.0 Å². The molecular weight excluding hydrogens is 462 g/mol. The highest BCUT2D eigenvalue weighted by molar-refractivity contribution is 7.92. The molecule has 0 unspecified atom stereocenters. The van der Waals surface area contributed by atoms with E-state index in [1.807, 2.05) is 0 Å². The van der Waals surface area contributed by atoms with Gasteiger partial charge in [0.2, 0.25) is 0 Å². The maximum absolute atomic E-state index is 12.9. The molecule has 0 aliphatic rings. The van der Waals surface area contributed by atoms with Gasteiger partial charge in [-0.3, -0.25) is 19.2 Å². The minimum Gasteiger partial charge on any atom is -0.452 e. The summed E-state index contributed by atoms with van der Waals surface area (Å²) in [7, 11) is -2.55. The molecule has 11 heteroatoms. The van der Waals surface area contributed by atoms with Gasteiger partial charge in [-0.15, -0.1) is 0 Å². The number of rotatable bonds is 8. The largest absolute Gasteiger partial charge is 0.452 e. The lowest BCUT2D eigenvalue weighted by molar-refractivity contribution is -0.385. The molecule has 3 rings (SSSR count). The summed E-state index contributed by atoms with van der Waals surface area (Å²) in [6.45, 7) is 0.902. The number of carbonyl (C=O) groups is 2.